The van der Waals surface area contributed by atoms with Crippen molar-refractivity contribution in [2.45, 2.75) is 11.8 Å². The number of amides is 1. The molecular formula is C11H11BrClNO2. The zero-order chi connectivity index (χ0) is 11.7. The molecule has 1 heterocycles. The second-order valence-corrected chi connectivity index (χ2v) is 5.33. The normalized spacial score (nSPS) is 20.1. The molecule has 1 fully saturated rings. The van der Waals surface area contributed by atoms with Crippen molar-refractivity contribution in [2.75, 3.05) is 13.1 Å². The number of likely N-dealkylation sites (tertiary alicyclic amines) is 1. The summed E-state index contributed by atoms with van der Waals surface area (Å²) in [6.07, 6.45) is 0.808. The van der Waals surface area contributed by atoms with E-state index in [1.807, 2.05) is 0 Å². The predicted octanol–water partition coefficient (Wildman–Crippen LogP) is 2.61. The first-order valence-electron chi connectivity index (χ1n) is 5.00. The molecule has 3 nitrogen and oxygen atoms in total. The van der Waals surface area contributed by atoms with Gasteiger partial charge in [-0.3, -0.25) is 4.79 Å². The Labute approximate surface area is 107 Å². The summed E-state index contributed by atoms with van der Waals surface area (Å²) < 4.78 is 0.773. The Bertz CT molecular complexity index is 424. The molecule has 1 N–H and O–H groups in total. The molecule has 0 aliphatic carbocycles. The molecule has 5 heteroatoms. The van der Waals surface area contributed by atoms with E-state index in [0.29, 0.717) is 18.7 Å². The van der Waals surface area contributed by atoms with Crippen molar-refractivity contribution in [1.82, 2.24) is 4.90 Å². The minimum Gasteiger partial charge on any atom is -0.507 e. The fraction of sp³-hybridized carbons (Fsp3) is 0.364. The van der Waals surface area contributed by atoms with Crippen LogP contribution in [0.15, 0.2) is 22.7 Å². The average molecular weight is 305 g/mol. The number of carbonyl (C=O) groups is 1. The van der Waals surface area contributed by atoms with Crippen molar-refractivity contribution in [2.24, 2.45) is 0 Å². The third kappa shape index (κ3) is 2.33. The van der Waals surface area contributed by atoms with Crippen molar-refractivity contribution >= 4 is 33.4 Å². The van der Waals surface area contributed by atoms with Crippen LogP contribution in [-0.2, 0) is 0 Å². The van der Waals surface area contributed by atoms with Crippen LogP contribution < -0.4 is 0 Å². The summed E-state index contributed by atoms with van der Waals surface area (Å²) in [7, 11) is 0. The molecule has 1 aliphatic rings. The van der Waals surface area contributed by atoms with Gasteiger partial charge in [0.15, 0.2) is 0 Å². The number of aromatic hydroxyl groups is 1. The third-order valence-electron chi connectivity index (χ3n) is 2.61. The van der Waals surface area contributed by atoms with Crippen LogP contribution in [0, 0.1) is 0 Å². The number of phenolic OH excluding ortho intramolecular Hbond substituents is 1. The highest BCUT2D eigenvalue weighted by Crippen LogP contribution is 2.25. The predicted molar refractivity (Wildman–Crippen MR) is 66.0 cm³/mol. The standard InChI is InChI=1S/C11H11BrClNO2/c12-7-1-2-10(15)9(5-7)11(16)14-4-3-8(13)6-14/h1-2,5,8,15H,3-4,6H2. The van der Waals surface area contributed by atoms with Crippen molar-refractivity contribution in [3.63, 3.8) is 0 Å². The van der Waals surface area contributed by atoms with Gasteiger partial charge in [-0.05, 0) is 24.6 Å². The molecule has 0 radical (unpaired) electrons. The molecule has 16 heavy (non-hydrogen) atoms. The van der Waals surface area contributed by atoms with Gasteiger partial charge in [-0.2, -0.15) is 0 Å². The molecule has 1 aromatic carbocycles. The van der Waals surface area contributed by atoms with Gasteiger partial charge < -0.3 is 10.0 Å². The summed E-state index contributed by atoms with van der Waals surface area (Å²) in [6, 6.07) is 4.82. The topological polar surface area (TPSA) is 40.5 Å². The van der Waals surface area contributed by atoms with E-state index in [2.05, 4.69) is 15.9 Å². The van der Waals surface area contributed by atoms with Crippen LogP contribution in [0.1, 0.15) is 16.8 Å². The van der Waals surface area contributed by atoms with E-state index in [1.165, 1.54) is 6.07 Å². The maximum atomic E-state index is 12.1. The Balaban J connectivity index is 2.23. The minimum absolute atomic E-state index is 0.00576. The van der Waals surface area contributed by atoms with Crippen molar-refractivity contribution < 1.29 is 9.90 Å². The van der Waals surface area contributed by atoms with Gasteiger partial charge in [-0.25, -0.2) is 0 Å². The summed E-state index contributed by atoms with van der Waals surface area (Å²) in [4.78, 5) is 13.7. The van der Waals surface area contributed by atoms with E-state index >= 15 is 0 Å². The smallest absolute Gasteiger partial charge is 0.257 e. The molecule has 1 atom stereocenters. The van der Waals surface area contributed by atoms with Gasteiger partial charge in [0.05, 0.1) is 10.9 Å². The average Bonchev–Trinajstić information content (AvgIpc) is 2.67. The molecule has 1 unspecified atom stereocenters. The van der Waals surface area contributed by atoms with E-state index in [-0.39, 0.29) is 17.0 Å². The lowest BCUT2D eigenvalue weighted by molar-refractivity contribution is 0.0790. The molecule has 1 amide bonds. The van der Waals surface area contributed by atoms with Gasteiger partial charge >= 0.3 is 0 Å². The van der Waals surface area contributed by atoms with Crippen LogP contribution in [0.3, 0.4) is 0 Å². The quantitative estimate of drug-likeness (QED) is 0.810. The maximum Gasteiger partial charge on any atom is 0.257 e. The van der Waals surface area contributed by atoms with Gasteiger partial charge in [0.25, 0.3) is 5.91 Å². The van der Waals surface area contributed by atoms with E-state index in [1.54, 1.807) is 17.0 Å². The fourth-order valence-electron chi connectivity index (χ4n) is 1.75. The summed E-state index contributed by atoms with van der Waals surface area (Å²) in [5.74, 6) is -0.159. The van der Waals surface area contributed by atoms with Crippen molar-refractivity contribution in [3.05, 3.63) is 28.2 Å². The third-order valence-corrected chi connectivity index (χ3v) is 3.46. The molecule has 0 aromatic heterocycles. The van der Waals surface area contributed by atoms with Crippen LogP contribution in [0.25, 0.3) is 0 Å². The van der Waals surface area contributed by atoms with Crippen molar-refractivity contribution in [3.8, 4) is 5.75 Å². The molecule has 86 valence electrons. The summed E-state index contributed by atoms with van der Waals surface area (Å²) in [5, 5.41) is 9.66. The number of benzene rings is 1. The van der Waals surface area contributed by atoms with Crippen molar-refractivity contribution in [1.29, 1.82) is 0 Å². The summed E-state index contributed by atoms with van der Waals surface area (Å²) in [6.45, 7) is 1.20. The lowest BCUT2D eigenvalue weighted by Crippen LogP contribution is -2.28. The van der Waals surface area contributed by atoms with Gasteiger partial charge in [-0.1, -0.05) is 15.9 Å². The SMILES string of the molecule is O=C(c1cc(Br)ccc1O)N1CCC(Cl)C1. The second kappa shape index (κ2) is 4.63. The largest absolute Gasteiger partial charge is 0.507 e. The first-order valence-corrected chi connectivity index (χ1v) is 6.22. The highest BCUT2D eigenvalue weighted by molar-refractivity contribution is 9.10. The number of hydrogen-bond acceptors (Lipinski definition) is 2. The Morgan fingerprint density at radius 3 is 2.94 bits per heavy atom. The number of halogens is 2. The zero-order valence-corrected chi connectivity index (χ0v) is 10.8. The van der Waals surface area contributed by atoms with E-state index in [4.69, 9.17) is 11.6 Å². The molecule has 0 spiro atoms. The highest BCUT2D eigenvalue weighted by atomic mass is 79.9. The van der Waals surface area contributed by atoms with E-state index in [0.717, 1.165) is 10.9 Å². The molecule has 0 bridgehead atoms. The fourth-order valence-corrected chi connectivity index (χ4v) is 2.38. The Morgan fingerprint density at radius 1 is 1.56 bits per heavy atom. The number of alkyl halides is 1. The van der Waals surface area contributed by atoms with Crippen LogP contribution in [0.4, 0.5) is 0 Å². The number of nitrogens with zero attached hydrogens (tertiary/aromatic N) is 1. The lowest BCUT2D eigenvalue weighted by atomic mass is 10.2. The van der Waals surface area contributed by atoms with Gasteiger partial charge in [0, 0.05) is 17.6 Å². The maximum absolute atomic E-state index is 12.1. The summed E-state index contributed by atoms with van der Waals surface area (Å²) in [5.41, 5.74) is 0.320. The molecular weight excluding hydrogens is 293 g/mol. The minimum atomic E-state index is -0.165. The van der Waals surface area contributed by atoms with E-state index < -0.39 is 0 Å². The number of phenols is 1. The van der Waals surface area contributed by atoms with Gasteiger partial charge in [0.2, 0.25) is 0 Å². The number of carbonyl (C=O) groups excluding carboxylic acids is 1. The van der Waals surface area contributed by atoms with E-state index in [9.17, 15) is 9.90 Å². The first kappa shape index (κ1) is 11.7. The zero-order valence-electron chi connectivity index (χ0n) is 8.49. The number of hydrogen-bond donors (Lipinski definition) is 1. The van der Waals surface area contributed by atoms with Gasteiger partial charge in [-0.15, -0.1) is 11.6 Å². The van der Waals surface area contributed by atoms with Crippen LogP contribution in [0.2, 0.25) is 0 Å². The molecule has 2 rings (SSSR count). The molecule has 1 aromatic rings. The van der Waals surface area contributed by atoms with Crippen LogP contribution >= 0.6 is 27.5 Å². The first-order chi connectivity index (χ1) is 7.58. The second-order valence-electron chi connectivity index (χ2n) is 3.80. The summed E-state index contributed by atoms with van der Waals surface area (Å²) >= 11 is 9.22. The number of rotatable bonds is 1. The highest BCUT2D eigenvalue weighted by Gasteiger charge is 2.26. The van der Waals surface area contributed by atoms with Gasteiger partial charge in [0.1, 0.15) is 5.75 Å². The molecule has 1 aliphatic heterocycles. The monoisotopic (exact) mass is 303 g/mol. The Morgan fingerprint density at radius 2 is 2.31 bits per heavy atom. The molecule has 0 saturated carbocycles. The molecule has 1 saturated heterocycles. The lowest BCUT2D eigenvalue weighted by Gasteiger charge is -2.16. The van der Waals surface area contributed by atoms with Crippen LogP contribution in [-0.4, -0.2) is 34.4 Å². The Hall–Kier alpha value is -0.740. The van der Waals surface area contributed by atoms with Crippen LogP contribution in [0.5, 0.6) is 5.75 Å². The Kier molecular flexibility index (Phi) is 3.40.